The molecule has 0 saturated carbocycles. The van der Waals surface area contributed by atoms with Crippen LogP contribution in [0, 0.1) is 11.2 Å². The van der Waals surface area contributed by atoms with E-state index in [0.717, 1.165) is 12.8 Å². The molecule has 1 atom stereocenters. The van der Waals surface area contributed by atoms with Gasteiger partial charge >= 0.3 is 0 Å². The number of hydrogen-bond acceptors (Lipinski definition) is 6. The molecule has 1 aliphatic rings. The maximum atomic E-state index is 13.5. The molecule has 4 rings (SSSR count). The van der Waals surface area contributed by atoms with Crippen molar-refractivity contribution in [2.45, 2.75) is 18.9 Å². The first-order chi connectivity index (χ1) is 14.1. The zero-order valence-corrected chi connectivity index (χ0v) is 15.9. The van der Waals surface area contributed by atoms with Crippen molar-refractivity contribution in [3.05, 3.63) is 53.2 Å². The standard InChI is InChI=1S/C20H21FN6O2/c1-23-15-7-11(21)4-5-13(15)17(22)16-9-25-19-18(27-16)14(8-24-19)20(28)26-12-3-2-6-29-10-12/h4-5,7-9,12,22-23H,2-3,6,10H2,1H3,(H,24,25)(H,26,28)/t12-/m1/s1. The molecular weight excluding hydrogens is 375 g/mol. The summed E-state index contributed by atoms with van der Waals surface area (Å²) in [4.78, 5) is 24.4. The van der Waals surface area contributed by atoms with E-state index in [1.54, 1.807) is 13.2 Å². The minimum Gasteiger partial charge on any atom is -0.387 e. The Morgan fingerprint density at radius 3 is 3.00 bits per heavy atom. The van der Waals surface area contributed by atoms with Gasteiger partial charge in [0, 0.05) is 31.1 Å². The van der Waals surface area contributed by atoms with Gasteiger partial charge in [-0.25, -0.2) is 14.4 Å². The van der Waals surface area contributed by atoms with E-state index in [0.29, 0.717) is 41.2 Å². The van der Waals surface area contributed by atoms with Crippen LogP contribution in [0.25, 0.3) is 11.2 Å². The Hall–Kier alpha value is -3.33. The number of benzene rings is 1. The minimum atomic E-state index is -0.399. The van der Waals surface area contributed by atoms with E-state index in [-0.39, 0.29) is 23.4 Å². The number of carbonyl (C=O) groups is 1. The normalized spacial score (nSPS) is 16.6. The van der Waals surface area contributed by atoms with Gasteiger partial charge in [0.1, 0.15) is 17.0 Å². The first-order valence-corrected chi connectivity index (χ1v) is 9.36. The summed E-state index contributed by atoms with van der Waals surface area (Å²) in [5.74, 6) is -0.661. The van der Waals surface area contributed by atoms with Gasteiger partial charge in [-0.05, 0) is 31.0 Å². The van der Waals surface area contributed by atoms with E-state index in [1.807, 2.05) is 0 Å². The van der Waals surface area contributed by atoms with Crippen LogP contribution in [0.3, 0.4) is 0 Å². The number of carbonyl (C=O) groups excluding carboxylic acids is 1. The molecule has 0 bridgehead atoms. The molecule has 2 aromatic heterocycles. The average Bonchev–Trinajstić information content (AvgIpc) is 3.17. The molecule has 1 saturated heterocycles. The number of hydrogen-bond donors (Lipinski definition) is 4. The summed E-state index contributed by atoms with van der Waals surface area (Å²) in [6, 6.07) is 4.09. The summed E-state index contributed by atoms with van der Waals surface area (Å²) >= 11 is 0. The van der Waals surface area contributed by atoms with E-state index in [4.69, 9.17) is 10.1 Å². The molecule has 3 aromatic rings. The number of anilines is 1. The minimum absolute atomic E-state index is 0.0342. The van der Waals surface area contributed by atoms with Gasteiger partial charge in [-0.3, -0.25) is 10.2 Å². The van der Waals surface area contributed by atoms with Crippen molar-refractivity contribution in [3.63, 3.8) is 0 Å². The van der Waals surface area contributed by atoms with Crippen LogP contribution in [-0.4, -0.2) is 52.9 Å². The van der Waals surface area contributed by atoms with Crippen molar-refractivity contribution in [1.29, 1.82) is 5.41 Å². The summed E-state index contributed by atoms with van der Waals surface area (Å²) in [7, 11) is 1.66. The molecule has 3 heterocycles. The molecule has 0 aliphatic carbocycles. The number of ether oxygens (including phenoxy) is 1. The Bertz CT molecular complexity index is 1070. The van der Waals surface area contributed by atoms with Gasteiger partial charge in [-0.1, -0.05) is 0 Å². The van der Waals surface area contributed by atoms with E-state index in [1.165, 1.54) is 24.4 Å². The highest BCUT2D eigenvalue weighted by Gasteiger charge is 2.21. The number of amides is 1. The highest BCUT2D eigenvalue weighted by molar-refractivity contribution is 6.14. The summed E-state index contributed by atoms with van der Waals surface area (Å²) in [5, 5.41) is 14.3. The Labute approximate surface area is 166 Å². The molecule has 1 aromatic carbocycles. The first kappa shape index (κ1) is 19.0. The second-order valence-corrected chi connectivity index (χ2v) is 6.86. The van der Waals surface area contributed by atoms with Gasteiger partial charge in [0.25, 0.3) is 5.91 Å². The Kier molecular flexibility index (Phi) is 5.22. The third kappa shape index (κ3) is 3.81. The van der Waals surface area contributed by atoms with Crippen molar-refractivity contribution >= 4 is 28.5 Å². The molecule has 0 unspecified atom stereocenters. The molecular formula is C20H21FN6O2. The van der Waals surface area contributed by atoms with Gasteiger partial charge in [0.15, 0.2) is 5.65 Å². The Balaban J connectivity index is 1.64. The number of fused-ring (bicyclic) bond motifs is 1. The van der Waals surface area contributed by atoms with E-state index < -0.39 is 5.82 Å². The molecule has 150 valence electrons. The number of nitrogens with zero attached hydrogens (tertiary/aromatic N) is 2. The lowest BCUT2D eigenvalue weighted by Gasteiger charge is -2.22. The third-order valence-electron chi connectivity index (χ3n) is 4.90. The van der Waals surface area contributed by atoms with E-state index in [9.17, 15) is 9.18 Å². The molecule has 4 N–H and O–H groups in total. The fourth-order valence-corrected chi connectivity index (χ4v) is 3.38. The highest BCUT2D eigenvalue weighted by atomic mass is 19.1. The number of nitrogens with one attached hydrogen (secondary N) is 4. The van der Waals surface area contributed by atoms with Crippen molar-refractivity contribution in [2.24, 2.45) is 0 Å². The predicted molar refractivity (Wildman–Crippen MR) is 107 cm³/mol. The first-order valence-electron chi connectivity index (χ1n) is 9.36. The van der Waals surface area contributed by atoms with Crippen LogP contribution in [0.4, 0.5) is 10.1 Å². The van der Waals surface area contributed by atoms with Gasteiger partial charge in [0.2, 0.25) is 0 Å². The fraction of sp³-hybridized carbons (Fsp3) is 0.300. The van der Waals surface area contributed by atoms with Gasteiger partial charge < -0.3 is 20.4 Å². The van der Waals surface area contributed by atoms with Gasteiger partial charge in [-0.15, -0.1) is 0 Å². The lowest BCUT2D eigenvalue weighted by Crippen LogP contribution is -2.40. The quantitative estimate of drug-likeness (QED) is 0.495. The molecule has 29 heavy (non-hydrogen) atoms. The van der Waals surface area contributed by atoms with Crippen LogP contribution in [-0.2, 0) is 4.74 Å². The van der Waals surface area contributed by atoms with Crippen LogP contribution in [0.15, 0.2) is 30.6 Å². The number of H-pyrrole nitrogens is 1. The van der Waals surface area contributed by atoms with Gasteiger partial charge in [-0.2, -0.15) is 0 Å². The maximum absolute atomic E-state index is 13.5. The number of aromatic amines is 1. The average molecular weight is 396 g/mol. The fourth-order valence-electron chi connectivity index (χ4n) is 3.38. The summed E-state index contributed by atoms with van der Waals surface area (Å²) in [6.45, 7) is 1.21. The third-order valence-corrected chi connectivity index (χ3v) is 4.90. The zero-order valence-electron chi connectivity index (χ0n) is 15.9. The maximum Gasteiger partial charge on any atom is 0.255 e. The number of halogens is 1. The molecule has 8 nitrogen and oxygen atoms in total. The van der Waals surface area contributed by atoms with Crippen molar-refractivity contribution < 1.29 is 13.9 Å². The second kappa shape index (κ2) is 7.96. The topological polar surface area (TPSA) is 116 Å². The monoisotopic (exact) mass is 396 g/mol. The van der Waals surface area contributed by atoms with Crippen LogP contribution in [0.1, 0.15) is 34.5 Å². The van der Waals surface area contributed by atoms with Crippen LogP contribution < -0.4 is 10.6 Å². The smallest absolute Gasteiger partial charge is 0.255 e. The van der Waals surface area contributed by atoms with Gasteiger partial charge in [0.05, 0.1) is 30.1 Å². The molecule has 1 aliphatic heterocycles. The van der Waals surface area contributed by atoms with Crippen LogP contribution >= 0.6 is 0 Å². The summed E-state index contributed by atoms with van der Waals surface area (Å²) < 4.78 is 18.9. The molecule has 0 radical (unpaired) electrons. The summed E-state index contributed by atoms with van der Waals surface area (Å²) in [6.07, 6.45) is 4.80. The summed E-state index contributed by atoms with van der Waals surface area (Å²) in [5.41, 5.74) is 2.53. The lowest BCUT2D eigenvalue weighted by molar-refractivity contribution is 0.0625. The van der Waals surface area contributed by atoms with Crippen LogP contribution in [0.2, 0.25) is 0 Å². The Morgan fingerprint density at radius 2 is 2.24 bits per heavy atom. The second-order valence-electron chi connectivity index (χ2n) is 6.86. The van der Waals surface area contributed by atoms with E-state index >= 15 is 0 Å². The molecule has 0 spiro atoms. The van der Waals surface area contributed by atoms with Crippen molar-refractivity contribution in [3.8, 4) is 0 Å². The molecule has 1 amide bonds. The van der Waals surface area contributed by atoms with Crippen molar-refractivity contribution in [1.82, 2.24) is 20.3 Å². The molecule has 1 fully saturated rings. The Morgan fingerprint density at radius 1 is 1.38 bits per heavy atom. The predicted octanol–water partition coefficient (Wildman–Crippen LogP) is 2.46. The largest absolute Gasteiger partial charge is 0.387 e. The van der Waals surface area contributed by atoms with Crippen molar-refractivity contribution in [2.75, 3.05) is 25.6 Å². The highest BCUT2D eigenvalue weighted by Crippen LogP contribution is 2.21. The lowest BCUT2D eigenvalue weighted by atomic mass is 10.0. The SMILES string of the molecule is CNc1cc(F)ccc1C(=N)c1cnc2[nH]cc(C(=O)N[C@@H]3CCCOC3)c2n1. The number of aromatic nitrogens is 3. The zero-order chi connectivity index (χ0) is 20.4. The van der Waals surface area contributed by atoms with E-state index in [2.05, 4.69) is 25.6 Å². The number of rotatable bonds is 5. The van der Waals surface area contributed by atoms with Crippen LogP contribution in [0.5, 0.6) is 0 Å². The molecule has 9 heteroatoms.